The maximum Gasteiger partial charge on any atom is 0.0140 e. The van der Waals surface area contributed by atoms with Crippen LogP contribution in [0.4, 0.5) is 0 Å². The molecule has 0 bridgehead atoms. The van der Waals surface area contributed by atoms with Gasteiger partial charge in [-0.15, -0.1) is 0 Å². The molecule has 78 valence electrons. The lowest BCUT2D eigenvalue weighted by molar-refractivity contribution is 0.0802. The highest BCUT2D eigenvalue weighted by Crippen LogP contribution is 2.22. The molecule has 1 fully saturated rings. The summed E-state index contributed by atoms with van der Waals surface area (Å²) in [5.74, 6) is 1.55. The van der Waals surface area contributed by atoms with Gasteiger partial charge in [0.05, 0.1) is 0 Å². The lowest BCUT2D eigenvalue weighted by atomic mass is 9.85. The summed E-state index contributed by atoms with van der Waals surface area (Å²) in [4.78, 5) is 2.59. The van der Waals surface area contributed by atoms with Gasteiger partial charge in [0.15, 0.2) is 0 Å². The van der Waals surface area contributed by atoms with E-state index in [1.807, 2.05) is 0 Å². The van der Waals surface area contributed by atoms with Gasteiger partial charge < -0.3 is 10.2 Å². The summed E-state index contributed by atoms with van der Waals surface area (Å²) in [5.41, 5.74) is 0. The summed E-state index contributed by atoms with van der Waals surface area (Å²) in [6.07, 6.45) is 0. The second kappa shape index (κ2) is 4.43. The van der Waals surface area contributed by atoms with E-state index in [1.165, 1.54) is 13.1 Å². The van der Waals surface area contributed by atoms with Gasteiger partial charge in [-0.3, -0.25) is 0 Å². The van der Waals surface area contributed by atoms with E-state index in [1.54, 1.807) is 0 Å². The molecule has 0 radical (unpaired) electrons. The van der Waals surface area contributed by atoms with Crippen molar-refractivity contribution in [2.24, 2.45) is 11.8 Å². The van der Waals surface area contributed by atoms with Crippen LogP contribution in [0.25, 0.3) is 0 Å². The SMILES string of the molecule is CNC1C(C)CN(C(C)C)CC1C. The monoisotopic (exact) mass is 184 g/mol. The first-order chi connectivity index (χ1) is 6.06. The molecule has 0 aromatic carbocycles. The van der Waals surface area contributed by atoms with Crippen LogP contribution in [-0.4, -0.2) is 37.1 Å². The average molecular weight is 184 g/mol. The summed E-state index contributed by atoms with van der Waals surface area (Å²) >= 11 is 0. The van der Waals surface area contributed by atoms with E-state index >= 15 is 0 Å². The summed E-state index contributed by atoms with van der Waals surface area (Å²) in [5, 5.41) is 3.44. The molecule has 13 heavy (non-hydrogen) atoms. The van der Waals surface area contributed by atoms with E-state index < -0.39 is 0 Å². The zero-order valence-corrected chi connectivity index (χ0v) is 9.67. The molecule has 1 aliphatic heterocycles. The minimum atomic E-state index is 0.697. The average Bonchev–Trinajstić information content (AvgIpc) is 2.03. The summed E-state index contributed by atoms with van der Waals surface area (Å²) in [7, 11) is 2.09. The van der Waals surface area contributed by atoms with Gasteiger partial charge in [-0.05, 0) is 32.7 Å². The van der Waals surface area contributed by atoms with Crippen molar-refractivity contribution in [3.05, 3.63) is 0 Å². The van der Waals surface area contributed by atoms with Crippen molar-refractivity contribution in [1.82, 2.24) is 10.2 Å². The highest BCUT2D eigenvalue weighted by atomic mass is 15.2. The van der Waals surface area contributed by atoms with Crippen molar-refractivity contribution in [2.45, 2.75) is 39.8 Å². The Bertz CT molecular complexity index is 144. The third-order valence-electron chi connectivity index (χ3n) is 3.33. The van der Waals surface area contributed by atoms with Crippen LogP contribution in [0, 0.1) is 11.8 Å². The minimum Gasteiger partial charge on any atom is -0.316 e. The van der Waals surface area contributed by atoms with E-state index in [0.29, 0.717) is 12.1 Å². The van der Waals surface area contributed by atoms with Crippen molar-refractivity contribution in [1.29, 1.82) is 0 Å². The maximum atomic E-state index is 3.44. The van der Waals surface area contributed by atoms with Crippen LogP contribution in [0.5, 0.6) is 0 Å². The summed E-state index contributed by atoms with van der Waals surface area (Å²) < 4.78 is 0. The van der Waals surface area contributed by atoms with E-state index in [-0.39, 0.29) is 0 Å². The summed E-state index contributed by atoms with van der Waals surface area (Å²) in [6.45, 7) is 11.8. The van der Waals surface area contributed by atoms with Crippen molar-refractivity contribution in [3.8, 4) is 0 Å². The number of hydrogen-bond donors (Lipinski definition) is 1. The Kier molecular flexibility index (Phi) is 3.74. The number of hydrogen-bond acceptors (Lipinski definition) is 2. The molecular formula is C11H24N2. The van der Waals surface area contributed by atoms with Crippen LogP contribution in [-0.2, 0) is 0 Å². The Morgan fingerprint density at radius 2 is 1.62 bits per heavy atom. The maximum absolute atomic E-state index is 3.44. The lowest BCUT2D eigenvalue weighted by Crippen LogP contribution is -2.54. The molecule has 2 unspecified atom stereocenters. The number of rotatable bonds is 2. The highest BCUT2D eigenvalue weighted by molar-refractivity contribution is 4.87. The van der Waals surface area contributed by atoms with Crippen LogP contribution in [0.1, 0.15) is 27.7 Å². The number of nitrogens with zero attached hydrogens (tertiary/aromatic N) is 1. The van der Waals surface area contributed by atoms with Gasteiger partial charge in [-0.2, -0.15) is 0 Å². The Labute approximate surface area is 82.7 Å². The molecule has 1 rings (SSSR count). The predicted molar refractivity (Wildman–Crippen MR) is 57.9 cm³/mol. The third kappa shape index (κ3) is 2.44. The molecule has 0 amide bonds. The zero-order valence-electron chi connectivity index (χ0n) is 9.67. The van der Waals surface area contributed by atoms with Gasteiger partial charge in [0.2, 0.25) is 0 Å². The van der Waals surface area contributed by atoms with E-state index in [2.05, 4.69) is 45.0 Å². The molecule has 2 nitrogen and oxygen atoms in total. The number of nitrogens with one attached hydrogen (secondary N) is 1. The van der Waals surface area contributed by atoms with Gasteiger partial charge in [-0.25, -0.2) is 0 Å². The zero-order chi connectivity index (χ0) is 10.0. The predicted octanol–water partition coefficient (Wildman–Crippen LogP) is 1.57. The molecule has 0 aliphatic carbocycles. The highest BCUT2D eigenvalue weighted by Gasteiger charge is 2.31. The number of piperidine rings is 1. The minimum absolute atomic E-state index is 0.697. The lowest BCUT2D eigenvalue weighted by Gasteiger charge is -2.43. The van der Waals surface area contributed by atoms with Crippen LogP contribution in [0.15, 0.2) is 0 Å². The quantitative estimate of drug-likeness (QED) is 0.701. The van der Waals surface area contributed by atoms with E-state index in [9.17, 15) is 0 Å². The second-order valence-corrected chi connectivity index (χ2v) is 4.82. The van der Waals surface area contributed by atoms with Crippen molar-refractivity contribution < 1.29 is 0 Å². The third-order valence-corrected chi connectivity index (χ3v) is 3.33. The van der Waals surface area contributed by atoms with Gasteiger partial charge in [-0.1, -0.05) is 13.8 Å². The molecule has 2 atom stereocenters. The molecule has 1 heterocycles. The number of likely N-dealkylation sites (tertiary alicyclic amines) is 1. The van der Waals surface area contributed by atoms with Crippen LogP contribution >= 0.6 is 0 Å². The fraction of sp³-hybridized carbons (Fsp3) is 1.00. The molecule has 0 aromatic heterocycles. The first-order valence-electron chi connectivity index (χ1n) is 5.47. The standard InChI is InChI=1S/C11H24N2/c1-8(2)13-6-9(3)11(12-5)10(4)7-13/h8-12H,6-7H2,1-5H3. The second-order valence-electron chi connectivity index (χ2n) is 4.82. The van der Waals surface area contributed by atoms with Gasteiger partial charge >= 0.3 is 0 Å². The first-order valence-corrected chi connectivity index (χ1v) is 5.47. The molecular weight excluding hydrogens is 160 g/mol. The molecule has 0 aromatic rings. The van der Waals surface area contributed by atoms with Crippen LogP contribution in [0.3, 0.4) is 0 Å². The van der Waals surface area contributed by atoms with Gasteiger partial charge in [0, 0.05) is 25.2 Å². The molecule has 1 aliphatic rings. The molecule has 1 saturated heterocycles. The van der Waals surface area contributed by atoms with Gasteiger partial charge in [0.1, 0.15) is 0 Å². The normalized spacial score (nSPS) is 36.9. The molecule has 0 spiro atoms. The fourth-order valence-corrected chi connectivity index (χ4v) is 2.59. The largest absolute Gasteiger partial charge is 0.316 e. The van der Waals surface area contributed by atoms with E-state index in [4.69, 9.17) is 0 Å². The van der Waals surface area contributed by atoms with Crippen LogP contribution in [0.2, 0.25) is 0 Å². The Balaban J connectivity index is 2.56. The topological polar surface area (TPSA) is 15.3 Å². The first kappa shape index (κ1) is 11.0. The Morgan fingerprint density at radius 1 is 1.15 bits per heavy atom. The van der Waals surface area contributed by atoms with Crippen molar-refractivity contribution >= 4 is 0 Å². The molecule has 2 heteroatoms. The van der Waals surface area contributed by atoms with Gasteiger partial charge in [0.25, 0.3) is 0 Å². The smallest absolute Gasteiger partial charge is 0.0140 e. The van der Waals surface area contributed by atoms with Crippen molar-refractivity contribution in [2.75, 3.05) is 20.1 Å². The summed E-state index contributed by atoms with van der Waals surface area (Å²) in [6, 6.07) is 1.40. The van der Waals surface area contributed by atoms with E-state index in [0.717, 1.165) is 11.8 Å². The van der Waals surface area contributed by atoms with Crippen LogP contribution < -0.4 is 5.32 Å². The Morgan fingerprint density at radius 3 is 1.92 bits per heavy atom. The Hall–Kier alpha value is -0.0800. The molecule has 0 saturated carbocycles. The fourth-order valence-electron chi connectivity index (χ4n) is 2.59. The van der Waals surface area contributed by atoms with Crippen molar-refractivity contribution in [3.63, 3.8) is 0 Å². The molecule has 1 N–H and O–H groups in total.